The molecular formula is C16H20F2N2O3. The number of primary amides is 1. The second-order valence-corrected chi connectivity index (χ2v) is 5.85. The fourth-order valence-electron chi connectivity index (χ4n) is 2.68. The number of hydrogen-bond donors (Lipinski definition) is 1. The predicted octanol–water partition coefficient (Wildman–Crippen LogP) is 1.84. The van der Waals surface area contributed by atoms with Crippen LogP contribution in [0.3, 0.4) is 0 Å². The summed E-state index contributed by atoms with van der Waals surface area (Å²) in [6, 6.07) is 3.06. The van der Waals surface area contributed by atoms with E-state index in [9.17, 15) is 18.4 Å². The van der Waals surface area contributed by atoms with Gasteiger partial charge in [-0.1, -0.05) is 0 Å². The average Bonchev–Trinajstić information content (AvgIpc) is 2.50. The molecule has 0 aromatic heterocycles. The van der Waals surface area contributed by atoms with Gasteiger partial charge in [0.15, 0.2) is 17.7 Å². The van der Waals surface area contributed by atoms with Gasteiger partial charge in [-0.3, -0.25) is 9.59 Å². The van der Waals surface area contributed by atoms with Crippen molar-refractivity contribution < 1.29 is 23.1 Å². The lowest BCUT2D eigenvalue weighted by Crippen LogP contribution is -2.52. The number of halogens is 2. The van der Waals surface area contributed by atoms with Crippen LogP contribution in [0.5, 0.6) is 5.75 Å². The molecule has 1 aliphatic rings. The lowest BCUT2D eigenvalue weighted by Gasteiger charge is -2.38. The third kappa shape index (κ3) is 3.97. The molecule has 2 N–H and O–H groups in total. The number of nitrogens with two attached hydrogens (primary N) is 1. The molecule has 7 heteroatoms. The number of benzene rings is 1. The van der Waals surface area contributed by atoms with E-state index in [2.05, 4.69) is 0 Å². The third-order valence-electron chi connectivity index (χ3n) is 4.12. The Labute approximate surface area is 133 Å². The molecule has 1 fully saturated rings. The van der Waals surface area contributed by atoms with Crippen LogP contribution in [0.2, 0.25) is 0 Å². The first-order valence-corrected chi connectivity index (χ1v) is 7.51. The van der Waals surface area contributed by atoms with Crippen LogP contribution < -0.4 is 10.5 Å². The van der Waals surface area contributed by atoms with E-state index in [1.165, 1.54) is 13.0 Å². The van der Waals surface area contributed by atoms with Crippen molar-refractivity contribution in [2.24, 2.45) is 11.7 Å². The lowest BCUT2D eigenvalue weighted by atomic mass is 9.92. The highest BCUT2D eigenvalue weighted by atomic mass is 19.2. The zero-order chi connectivity index (χ0) is 17.1. The maximum Gasteiger partial charge on any atom is 0.263 e. The van der Waals surface area contributed by atoms with E-state index in [1.54, 1.807) is 4.90 Å². The Hall–Kier alpha value is -2.18. The minimum absolute atomic E-state index is 0.0332. The summed E-state index contributed by atoms with van der Waals surface area (Å²) in [7, 11) is 0. The Balaban J connectivity index is 2.05. The fraction of sp³-hybridized carbons (Fsp3) is 0.500. The molecule has 0 unspecified atom stereocenters. The first kappa shape index (κ1) is 17.2. The maximum absolute atomic E-state index is 13.2. The monoisotopic (exact) mass is 326 g/mol. The van der Waals surface area contributed by atoms with Crippen LogP contribution in [0.25, 0.3) is 0 Å². The maximum atomic E-state index is 13.2. The van der Waals surface area contributed by atoms with Gasteiger partial charge in [0.25, 0.3) is 5.91 Å². The first-order valence-electron chi connectivity index (χ1n) is 7.51. The quantitative estimate of drug-likeness (QED) is 0.918. The summed E-state index contributed by atoms with van der Waals surface area (Å²) >= 11 is 0. The number of rotatable bonds is 4. The van der Waals surface area contributed by atoms with E-state index >= 15 is 0 Å². The van der Waals surface area contributed by atoms with Crippen molar-refractivity contribution in [1.29, 1.82) is 0 Å². The zero-order valence-electron chi connectivity index (χ0n) is 13.1. The van der Waals surface area contributed by atoms with Gasteiger partial charge in [-0.15, -0.1) is 0 Å². The predicted molar refractivity (Wildman–Crippen MR) is 79.5 cm³/mol. The Morgan fingerprint density at radius 2 is 2.00 bits per heavy atom. The van der Waals surface area contributed by atoms with E-state index in [4.69, 9.17) is 10.5 Å². The summed E-state index contributed by atoms with van der Waals surface area (Å²) in [5, 5.41) is 0. The van der Waals surface area contributed by atoms with E-state index in [0.717, 1.165) is 12.1 Å². The van der Waals surface area contributed by atoms with Gasteiger partial charge in [-0.2, -0.15) is 0 Å². The van der Waals surface area contributed by atoms with Crippen LogP contribution in [0, 0.1) is 17.6 Å². The second-order valence-electron chi connectivity index (χ2n) is 5.85. The average molecular weight is 326 g/mol. The number of carbonyl (C=O) groups is 2. The molecule has 3 atom stereocenters. The number of ether oxygens (including phenoxy) is 1. The van der Waals surface area contributed by atoms with Gasteiger partial charge >= 0.3 is 0 Å². The van der Waals surface area contributed by atoms with Gasteiger partial charge in [0.2, 0.25) is 5.91 Å². The summed E-state index contributed by atoms with van der Waals surface area (Å²) in [5.41, 5.74) is 5.32. The van der Waals surface area contributed by atoms with E-state index in [0.29, 0.717) is 12.8 Å². The number of piperidine rings is 1. The van der Waals surface area contributed by atoms with Crippen LogP contribution in [0.15, 0.2) is 18.2 Å². The van der Waals surface area contributed by atoms with Gasteiger partial charge in [-0.25, -0.2) is 8.78 Å². The van der Waals surface area contributed by atoms with Crippen molar-refractivity contribution in [3.63, 3.8) is 0 Å². The summed E-state index contributed by atoms with van der Waals surface area (Å²) in [6.07, 6.45) is 0.449. The molecule has 2 amide bonds. The molecule has 1 heterocycles. The Morgan fingerprint density at radius 1 is 1.30 bits per heavy atom. The molecule has 2 rings (SSSR count). The molecule has 1 saturated heterocycles. The number of amides is 2. The van der Waals surface area contributed by atoms with Crippen LogP contribution in [0.1, 0.15) is 26.7 Å². The van der Waals surface area contributed by atoms with Crippen LogP contribution in [0.4, 0.5) is 8.78 Å². The minimum Gasteiger partial charge on any atom is -0.481 e. The second kappa shape index (κ2) is 6.93. The van der Waals surface area contributed by atoms with E-state index in [1.807, 2.05) is 6.92 Å². The van der Waals surface area contributed by atoms with Crippen molar-refractivity contribution in [2.45, 2.75) is 38.8 Å². The number of likely N-dealkylation sites (tertiary alicyclic amines) is 1. The van der Waals surface area contributed by atoms with Gasteiger partial charge < -0.3 is 15.4 Å². The van der Waals surface area contributed by atoms with Crippen molar-refractivity contribution in [2.75, 3.05) is 6.54 Å². The molecule has 0 spiro atoms. The molecule has 1 aromatic carbocycles. The van der Waals surface area contributed by atoms with Gasteiger partial charge in [0.1, 0.15) is 5.75 Å². The number of hydrogen-bond acceptors (Lipinski definition) is 3. The van der Waals surface area contributed by atoms with Crippen molar-refractivity contribution in [1.82, 2.24) is 4.90 Å². The lowest BCUT2D eigenvalue weighted by molar-refractivity contribution is -0.143. The largest absolute Gasteiger partial charge is 0.481 e. The molecule has 126 valence electrons. The van der Waals surface area contributed by atoms with Crippen LogP contribution in [-0.4, -0.2) is 35.4 Å². The highest BCUT2D eigenvalue weighted by Gasteiger charge is 2.34. The normalized spacial score (nSPS) is 22.5. The Bertz CT molecular complexity index is 609. The van der Waals surface area contributed by atoms with E-state index < -0.39 is 23.6 Å². The van der Waals surface area contributed by atoms with Gasteiger partial charge in [0, 0.05) is 18.7 Å². The molecule has 0 bridgehead atoms. The van der Waals surface area contributed by atoms with Crippen molar-refractivity contribution in [3.05, 3.63) is 29.8 Å². The summed E-state index contributed by atoms with van der Waals surface area (Å²) < 4.78 is 31.5. The minimum atomic E-state index is -1.04. The third-order valence-corrected chi connectivity index (χ3v) is 4.12. The SMILES string of the molecule is C[C@H](Oc1ccc(F)c(F)c1)C(=O)N1C[C@H](C(N)=O)CC[C@@H]1C. The van der Waals surface area contributed by atoms with Crippen LogP contribution >= 0.6 is 0 Å². The van der Waals surface area contributed by atoms with E-state index in [-0.39, 0.29) is 30.2 Å². The van der Waals surface area contributed by atoms with Gasteiger partial charge in [0.05, 0.1) is 5.92 Å². The van der Waals surface area contributed by atoms with Crippen LogP contribution in [-0.2, 0) is 9.59 Å². The summed E-state index contributed by atoms with van der Waals surface area (Å²) in [5.74, 6) is -3.06. The highest BCUT2D eigenvalue weighted by Crippen LogP contribution is 2.24. The smallest absolute Gasteiger partial charge is 0.263 e. The van der Waals surface area contributed by atoms with Crippen molar-refractivity contribution >= 4 is 11.8 Å². The van der Waals surface area contributed by atoms with Gasteiger partial charge in [-0.05, 0) is 38.8 Å². The molecule has 0 radical (unpaired) electrons. The first-order chi connectivity index (χ1) is 10.8. The highest BCUT2D eigenvalue weighted by molar-refractivity contribution is 5.83. The molecule has 0 aliphatic carbocycles. The number of carbonyl (C=O) groups excluding carboxylic acids is 2. The standard InChI is InChI=1S/C16H20F2N2O3/c1-9-3-4-11(15(19)21)8-20(9)16(22)10(2)23-12-5-6-13(17)14(18)7-12/h5-7,9-11H,3-4,8H2,1-2H3,(H2,19,21)/t9-,10-,11+/m0/s1. The Morgan fingerprint density at radius 3 is 2.61 bits per heavy atom. The molecule has 23 heavy (non-hydrogen) atoms. The summed E-state index contributed by atoms with van der Waals surface area (Å²) in [6.45, 7) is 3.67. The Kier molecular flexibility index (Phi) is 5.18. The fourth-order valence-corrected chi connectivity index (χ4v) is 2.68. The zero-order valence-corrected chi connectivity index (χ0v) is 13.1. The van der Waals surface area contributed by atoms with Crippen molar-refractivity contribution in [3.8, 4) is 5.75 Å². The number of nitrogens with zero attached hydrogens (tertiary/aromatic N) is 1. The molecule has 0 saturated carbocycles. The molecule has 1 aromatic rings. The molecule has 5 nitrogen and oxygen atoms in total. The molecular weight excluding hydrogens is 306 g/mol. The topological polar surface area (TPSA) is 72.6 Å². The molecule has 1 aliphatic heterocycles. The summed E-state index contributed by atoms with van der Waals surface area (Å²) in [4.78, 5) is 25.4.